The van der Waals surface area contributed by atoms with Crippen LogP contribution < -0.4 is 0 Å². The molecule has 2 atom stereocenters. The fourth-order valence-electron chi connectivity index (χ4n) is 3.24. The predicted molar refractivity (Wildman–Crippen MR) is 77.8 cm³/mol. The fourth-order valence-corrected chi connectivity index (χ4v) is 3.24. The van der Waals surface area contributed by atoms with Gasteiger partial charge in [-0.25, -0.2) is 0 Å². The molecule has 0 aromatic heterocycles. The number of nitrogens with zero attached hydrogens (tertiary/aromatic N) is 3. The summed E-state index contributed by atoms with van der Waals surface area (Å²) in [6.45, 7) is 6.33. The summed E-state index contributed by atoms with van der Waals surface area (Å²) in [5.74, 6) is -0.0617. The molecule has 0 aromatic carbocycles. The Morgan fingerprint density at radius 3 is 1.73 bits per heavy atom. The van der Waals surface area contributed by atoms with E-state index in [2.05, 4.69) is 0 Å². The van der Waals surface area contributed by atoms with Gasteiger partial charge in [-0.3, -0.25) is 14.4 Å². The van der Waals surface area contributed by atoms with Crippen LogP contribution >= 0.6 is 0 Å². The molecular formula is C15H23N3O4. The number of carbonyl (C=O) groups excluding carboxylic acids is 3. The van der Waals surface area contributed by atoms with Crippen LogP contribution in [0.1, 0.15) is 13.3 Å². The van der Waals surface area contributed by atoms with Crippen molar-refractivity contribution in [2.75, 3.05) is 52.5 Å². The summed E-state index contributed by atoms with van der Waals surface area (Å²) in [6, 6.07) is 0. The number of ether oxygens (including phenoxy) is 1. The van der Waals surface area contributed by atoms with E-state index in [1.807, 2.05) is 4.90 Å². The van der Waals surface area contributed by atoms with Gasteiger partial charge in [-0.05, 0) is 6.42 Å². The molecule has 2 saturated heterocycles. The second-order valence-electron chi connectivity index (χ2n) is 6.22. The highest BCUT2D eigenvalue weighted by Gasteiger charge is 2.51. The lowest BCUT2D eigenvalue weighted by molar-refractivity contribution is -0.142. The summed E-state index contributed by atoms with van der Waals surface area (Å²) in [5.41, 5.74) is 0. The SMILES string of the molecule is CC(=O)N1CCN(C(=O)C2CC2C(=O)N2CCOCC2)CC1. The number of carbonyl (C=O) groups is 3. The average Bonchev–Trinajstić information content (AvgIpc) is 3.35. The van der Waals surface area contributed by atoms with Crippen molar-refractivity contribution >= 4 is 17.7 Å². The van der Waals surface area contributed by atoms with Gasteiger partial charge in [0.1, 0.15) is 0 Å². The van der Waals surface area contributed by atoms with Crippen molar-refractivity contribution in [3.8, 4) is 0 Å². The predicted octanol–water partition coefficient (Wildman–Crippen LogP) is -0.828. The number of hydrogen-bond acceptors (Lipinski definition) is 4. The largest absolute Gasteiger partial charge is 0.378 e. The van der Waals surface area contributed by atoms with E-state index in [4.69, 9.17) is 4.74 Å². The van der Waals surface area contributed by atoms with E-state index in [9.17, 15) is 14.4 Å². The lowest BCUT2D eigenvalue weighted by atomic mass is 10.2. The third-order valence-corrected chi connectivity index (χ3v) is 4.78. The van der Waals surface area contributed by atoms with Crippen molar-refractivity contribution in [2.24, 2.45) is 11.8 Å². The molecule has 22 heavy (non-hydrogen) atoms. The Morgan fingerprint density at radius 1 is 0.773 bits per heavy atom. The summed E-state index contributed by atoms with van der Waals surface area (Å²) < 4.78 is 5.25. The molecule has 122 valence electrons. The minimum absolute atomic E-state index is 0.0545. The van der Waals surface area contributed by atoms with Gasteiger partial charge in [-0.1, -0.05) is 0 Å². The zero-order valence-electron chi connectivity index (χ0n) is 13.0. The molecule has 0 spiro atoms. The van der Waals surface area contributed by atoms with Crippen molar-refractivity contribution < 1.29 is 19.1 Å². The molecule has 0 bridgehead atoms. The van der Waals surface area contributed by atoms with E-state index in [0.717, 1.165) is 0 Å². The number of hydrogen-bond donors (Lipinski definition) is 0. The summed E-state index contributed by atoms with van der Waals surface area (Å²) in [4.78, 5) is 41.5. The first-order chi connectivity index (χ1) is 10.6. The van der Waals surface area contributed by atoms with Crippen molar-refractivity contribution in [3.05, 3.63) is 0 Å². The Bertz CT molecular complexity index is 467. The molecule has 2 heterocycles. The number of amides is 3. The molecule has 3 fully saturated rings. The van der Waals surface area contributed by atoms with Crippen molar-refractivity contribution in [1.29, 1.82) is 0 Å². The van der Waals surface area contributed by atoms with E-state index < -0.39 is 0 Å². The number of piperazine rings is 1. The minimum atomic E-state index is -0.153. The van der Waals surface area contributed by atoms with Crippen LogP contribution in [0, 0.1) is 11.8 Å². The Kier molecular flexibility index (Phi) is 4.33. The maximum absolute atomic E-state index is 12.5. The van der Waals surface area contributed by atoms with Gasteiger partial charge in [0.2, 0.25) is 17.7 Å². The lowest BCUT2D eigenvalue weighted by Gasteiger charge is -2.34. The van der Waals surface area contributed by atoms with Gasteiger partial charge >= 0.3 is 0 Å². The van der Waals surface area contributed by atoms with Gasteiger partial charge in [0, 0.05) is 46.2 Å². The Labute approximate surface area is 130 Å². The Balaban J connectivity index is 1.48. The molecule has 0 aromatic rings. The summed E-state index contributed by atoms with van der Waals surface area (Å²) in [5, 5.41) is 0. The quantitative estimate of drug-likeness (QED) is 0.668. The molecule has 3 rings (SSSR count). The highest BCUT2D eigenvalue weighted by molar-refractivity contribution is 5.92. The van der Waals surface area contributed by atoms with E-state index in [-0.39, 0.29) is 29.6 Å². The van der Waals surface area contributed by atoms with Crippen LogP contribution in [0.5, 0.6) is 0 Å². The van der Waals surface area contributed by atoms with E-state index >= 15 is 0 Å². The molecule has 0 N–H and O–H groups in total. The molecule has 1 saturated carbocycles. The zero-order valence-corrected chi connectivity index (χ0v) is 13.0. The van der Waals surface area contributed by atoms with E-state index in [0.29, 0.717) is 58.9 Å². The van der Waals surface area contributed by atoms with Crippen molar-refractivity contribution in [3.63, 3.8) is 0 Å². The highest BCUT2D eigenvalue weighted by atomic mass is 16.5. The van der Waals surface area contributed by atoms with Crippen LogP contribution in [-0.2, 0) is 19.1 Å². The van der Waals surface area contributed by atoms with Crippen LogP contribution in [0.4, 0.5) is 0 Å². The van der Waals surface area contributed by atoms with Gasteiger partial charge in [0.15, 0.2) is 0 Å². The average molecular weight is 309 g/mol. The Hall–Kier alpha value is -1.63. The van der Waals surface area contributed by atoms with Gasteiger partial charge in [-0.2, -0.15) is 0 Å². The molecule has 7 nitrogen and oxygen atoms in total. The smallest absolute Gasteiger partial charge is 0.226 e. The van der Waals surface area contributed by atoms with Crippen LogP contribution in [0.3, 0.4) is 0 Å². The Morgan fingerprint density at radius 2 is 1.23 bits per heavy atom. The van der Waals surface area contributed by atoms with Crippen LogP contribution in [0.15, 0.2) is 0 Å². The van der Waals surface area contributed by atoms with Gasteiger partial charge < -0.3 is 19.4 Å². The number of rotatable bonds is 2. The van der Waals surface area contributed by atoms with Crippen LogP contribution in [-0.4, -0.2) is 84.9 Å². The molecule has 7 heteroatoms. The molecule has 3 aliphatic rings. The topological polar surface area (TPSA) is 70.2 Å². The van der Waals surface area contributed by atoms with Gasteiger partial charge in [-0.15, -0.1) is 0 Å². The first-order valence-electron chi connectivity index (χ1n) is 7.99. The fraction of sp³-hybridized carbons (Fsp3) is 0.800. The monoisotopic (exact) mass is 309 g/mol. The first kappa shape index (κ1) is 15.3. The van der Waals surface area contributed by atoms with Crippen LogP contribution in [0.25, 0.3) is 0 Å². The van der Waals surface area contributed by atoms with E-state index in [1.165, 1.54) is 0 Å². The van der Waals surface area contributed by atoms with Crippen molar-refractivity contribution in [2.45, 2.75) is 13.3 Å². The second-order valence-corrected chi connectivity index (χ2v) is 6.22. The maximum atomic E-state index is 12.5. The maximum Gasteiger partial charge on any atom is 0.226 e. The summed E-state index contributed by atoms with van der Waals surface area (Å²) in [6.07, 6.45) is 0.669. The highest BCUT2D eigenvalue weighted by Crippen LogP contribution is 2.41. The number of morpholine rings is 1. The van der Waals surface area contributed by atoms with Crippen molar-refractivity contribution in [1.82, 2.24) is 14.7 Å². The molecule has 2 unspecified atom stereocenters. The summed E-state index contributed by atoms with van der Waals surface area (Å²) >= 11 is 0. The molecule has 2 aliphatic heterocycles. The molecular weight excluding hydrogens is 286 g/mol. The zero-order chi connectivity index (χ0) is 15.7. The normalized spacial score (nSPS) is 28.5. The van der Waals surface area contributed by atoms with Gasteiger partial charge in [0.05, 0.1) is 25.0 Å². The molecule has 3 amide bonds. The summed E-state index contributed by atoms with van der Waals surface area (Å²) in [7, 11) is 0. The third-order valence-electron chi connectivity index (χ3n) is 4.78. The van der Waals surface area contributed by atoms with Crippen LogP contribution in [0.2, 0.25) is 0 Å². The van der Waals surface area contributed by atoms with E-state index in [1.54, 1.807) is 16.7 Å². The standard InChI is InChI=1S/C15H23N3O4/c1-11(19)16-2-4-17(5-3-16)14(20)12-10-13(12)15(21)18-6-8-22-9-7-18/h12-13H,2-10H2,1H3. The molecule has 0 radical (unpaired) electrons. The lowest BCUT2D eigenvalue weighted by Crippen LogP contribution is -2.50. The third kappa shape index (κ3) is 3.09. The first-order valence-corrected chi connectivity index (χ1v) is 7.99. The second kappa shape index (κ2) is 6.24. The van der Waals surface area contributed by atoms with Gasteiger partial charge in [0.25, 0.3) is 0 Å². The minimum Gasteiger partial charge on any atom is -0.378 e. The molecule has 1 aliphatic carbocycles.